The Morgan fingerprint density at radius 1 is 1.46 bits per heavy atom. The van der Waals surface area contributed by atoms with Crippen molar-refractivity contribution in [3.63, 3.8) is 0 Å². The first-order valence-corrected chi connectivity index (χ1v) is 3.38. The Morgan fingerprint density at radius 3 is 2.15 bits per heavy atom. The molecule has 0 aliphatic rings. The molecule has 6 heteroatoms. The Hall–Kier alpha value is -1.04. The van der Waals surface area contributed by atoms with Crippen molar-refractivity contribution in [2.45, 2.75) is 6.18 Å². The van der Waals surface area contributed by atoms with E-state index in [4.69, 9.17) is 5.11 Å². The van der Waals surface area contributed by atoms with Gasteiger partial charge in [-0.25, -0.2) is 0 Å². The third-order valence-corrected chi connectivity index (χ3v) is 1.13. The van der Waals surface area contributed by atoms with Crippen molar-refractivity contribution in [2.24, 2.45) is 0 Å². The van der Waals surface area contributed by atoms with Crippen LogP contribution in [0.4, 0.5) is 13.2 Å². The molecule has 0 amide bonds. The molecule has 0 rings (SSSR count). The van der Waals surface area contributed by atoms with Crippen LogP contribution in [0.3, 0.4) is 0 Å². The smallest absolute Gasteiger partial charge is 0.391 e. The minimum absolute atomic E-state index is 0.669. The van der Waals surface area contributed by atoms with Crippen molar-refractivity contribution in [2.75, 3.05) is 20.7 Å². The number of halogens is 3. The maximum atomic E-state index is 11.8. The summed E-state index contributed by atoms with van der Waals surface area (Å²) in [5.74, 6) is -2.01. The molecule has 1 N–H and O–H groups in total. The molecule has 13 heavy (non-hydrogen) atoms. The summed E-state index contributed by atoms with van der Waals surface area (Å²) in [7, 11) is 2.92. The highest BCUT2D eigenvalue weighted by molar-refractivity contribution is 5.99. The number of nitrogens with zero attached hydrogens (tertiary/aromatic N) is 1. The normalized spacial score (nSPS) is 12.9. The van der Waals surface area contributed by atoms with Gasteiger partial charge in [0.25, 0.3) is 5.78 Å². The van der Waals surface area contributed by atoms with E-state index in [0.717, 1.165) is 6.20 Å². The molecule has 3 nitrogen and oxygen atoms in total. The van der Waals surface area contributed by atoms with Gasteiger partial charge in [-0.2, -0.15) is 13.2 Å². The zero-order valence-electron chi connectivity index (χ0n) is 7.22. The standard InChI is InChI=1S/C7H10F3NO2/c1-11(2)3-5(4-12)6(13)7(8,9)10/h3,12H,4H2,1-2H3/b5-3+. The molecule has 0 fully saturated rings. The summed E-state index contributed by atoms with van der Waals surface area (Å²) in [6.45, 7) is -0.920. The maximum absolute atomic E-state index is 11.8. The average molecular weight is 197 g/mol. The Kier molecular flexibility index (Phi) is 3.93. The fraction of sp³-hybridized carbons (Fsp3) is 0.571. The fourth-order valence-corrected chi connectivity index (χ4v) is 0.665. The molecule has 76 valence electrons. The molecule has 0 atom stereocenters. The van der Waals surface area contributed by atoms with Crippen molar-refractivity contribution in [1.82, 2.24) is 4.90 Å². The summed E-state index contributed by atoms with van der Waals surface area (Å²) in [6.07, 6.45) is -3.99. The Bertz CT molecular complexity index is 220. The summed E-state index contributed by atoms with van der Waals surface area (Å²) >= 11 is 0. The topological polar surface area (TPSA) is 40.5 Å². The van der Waals surface area contributed by atoms with E-state index in [1.54, 1.807) is 0 Å². The van der Waals surface area contributed by atoms with E-state index in [0.29, 0.717) is 0 Å². The van der Waals surface area contributed by atoms with Gasteiger partial charge in [0.1, 0.15) is 0 Å². The van der Waals surface area contributed by atoms with Gasteiger partial charge in [-0.1, -0.05) is 0 Å². The van der Waals surface area contributed by atoms with E-state index >= 15 is 0 Å². The van der Waals surface area contributed by atoms with E-state index in [9.17, 15) is 18.0 Å². The molecule has 0 saturated heterocycles. The van der Waals surface area contributed by atoms with Crippen LogP contribution in [0.1, 0.15) is 0 Å². The van der Waals surface area contributed by atoms with Gasteiger partial charge >= 0.3 is 6.18 Å². The molecular weight excluding hydrogens is 187 g/mol. The molecule has 0 saturated carbocycles. The van der Waals surface area contributed by atoms with Gasteiger partial charge in [-0.15, -0.1) is 0 Å². The lowest BCUT2D eigenvalue weighted by molar-refractivity contribution is -0.167. The first-order valence-electron chi connectivity index (χ1n) is 3.38. The summed E-state index contributed by atoms with van der Waals surface area (Å²) in [5.41, 5.74) is -0.669. The second-order valence-electron chi connectivity index (χ2n) is 2.60. The van der Waals surface area contributed by atoms with Crippen LogP contribution in [0.2, 0.25) is 0 Å². The van der Waals surface area contributed by atoms with Crippen LogP contribution in [-0.2, 0) is 4.79 Å². The van der Waals surface area contributed by atoms with Crippen LogP contribution in [0.15, 0.2) is 11.8 Å². The van der Waals surface area contributed by atoms with Crippen LogP contribution in [0, 0.1) is 0 Å². The largest absolute Gasteiger partial charge is 0.454 e. The molecule has 0 aromatic rings. The number of carbonyl (C=O) groups is 1. The van der Waals surface area contributed by atoms with E-state index in [2.05, 4.69) is 0 Å². The second-order valence-corrected chi connectivity index (χ2v) is 2.60. The van der Waals surface area contributed by atoms with Crippen molar-refractivity contribution in [3.8, 4) is 0 Å². The highest BCUT2D eigenvalue weighted by atomic mass is 19.4. The number of aliphatic hydroxyl groups is 1. The van der Waals surface area contributed by atoms with E-state index in [1.165, 1.54) is 19.0 Å². The minimum atomic E-state index is -4.93. The van der Waals surface area contributed by atoms with Crippen LogP contribution >= 0.6 is 0 Å². The van der Waals surface area contributed by atoms with E-state index < -0.39 is 24.1 Å². The highest BCUT2D eigenvalue weighted by Crippen LogP contribution is 2.20. The quantitative estimate of drug-likeness (QED) is 0.672. The summed E-state index contributed by atoms with van der Waals surface area (Å²) in [5, 5.41) is 8.49. The SMILES string of the molecule is CN(C)/C=C(\CO)C(=O)C(F)(F)F. The number of Topliss-reactive ketones (excluding diaryl/α,β-unsaturated/α-hetero) is 1. The zero-order valence-corrected chi connectivity index (χ0v) is 7.22. The van der Waals surface area contributed by atoms with Gasteiger partial charge in [0, 0.05) is 25.9 Å². The maximum Gasteiger partial charge on any atom is 0.454 e. The van der Waals surface area contributed by atoms with Crippen molar-refractivity contribution >= 4 is 5.78 Å². The second kappa shape index (κ2) is 4.27. The Labute approximate surface area is 73.5 Å². The average Bonchev–Trinajstić information content (AvgIpc) is 1.96. The molecule has 0 aliphatic carbocycles. The number of aliphatic hydroxyl groups excluding tert-OH is 1. The summed E-state index contributed by atoms with van der Waals surface area (Å²) < 4.78 is 35.4. The van der Waals surface area contributed by atoms with Gasteiger partial charge in [-0.3, -0.25) is 4.79 Å². The number of hydrogen-bond donors (Lipinski definition) is 1. The molecule has 0 aromatic carbocycles. The predicted molar refractivity (Wildman–Crippen MR) is 39.9 cm³/mol. The van der Waals surface area contributed by atoms with E-state index in [1.807, 2.05) is 0 Å². The third kappa shape index (κ3) is 3.93. The van der Waals surface area contributed by atoms with Crippen molar-refractivity contribution in [3.05, 3.63) is 11.8 Å². The minimum Gasteiger partial charge on any atom is -0.391 e. The summed E-state index contributed by atoms with van der Waals surface area (Å²) in [6, 6.07) is 0. The number of ketones is 1. The van der Waals surface area contributed by atoms with Gasteiger partial charge < -0.3 is 10.0 Å². The van der Waals surface area contributed by atoms with Crippen LogP contribution in [0.5, 0.6) is 0 Å². The molecule has 0 radical (unpaired) electrons. The molecule has 0 heterocycles. The molecule has 0 unspecified atom stereocenters. The number of hydrogen-bond acceptors (Lipinski definition) is 3. The lowest BCUT2D eigenvalue weighted by Crippen LogP contribution is -2.27. The molecule has 0 bridgehead atoms. The first kappa shape index (κ1) is 12.0. The molecule has 0 aromatic heterocycles. The first-order chi connectivity index (χ1) is 5.79. The monoisotopic (exact) mass is 197 g/mol. The molecular formula is C7H10F3NO2. The fourth-order valence-electron chi connectivity index (χ4n) is 0.665. The van der Waals surface area contributed by atoms with Gasteiger partial charge in [0.2, 0.25) is 0 Å². The molecule has 0 aliphatic heterocycles. The lowest BCUT2D eigenvalue weighted by atomic mass is 10.2. The Balaban J connectivity index is 4.71. The van der Waals surface area contributed by atoms with Gasteiger partial charge in [0.05, 0.1) is 6.61 Å². The van der Waals surface area contributed by atoms with E-state index in [-0.39, 0.29) is 0 Å². The third-order valence-electron chi connectivity index (χ3n) is 1.13. The molecule has 0 spiro atoms. The van der Waals surface area contributed by atoms with Gasteiger partial charge in [-0.05, 0) is 0 Å². The number of alkyl halides is 3. The number of rotatable bonds is 3. The van der Waals surface area contributed by atoms with Crippen LogP contribution < -0.4 is 0 Å². The number of carbonyl (C=O) groups excluding carboxylic acids is 1. The van der Waals surface area contributed by atoms with Crippen LogP contribution in [0.25, 0.3) is 0 Å². The Morgan fingerprint density at radius 2 is 1.92 bits per heavy atom. The lowest BCUT2D eigenvalue weighted by Gasteiger charge is -2.10. The predicted octanol–water partition coefficient (Wildman–Crippen LogP) is 0.556. The van der Waals surface area contributed by atoms with Gasteiger partial charge in [0.15, 0.2) is 0 Å². The van der Waals surface area contributed by atoms with Crippen LogP contribution in [-0.4, -0.2) is 42.7 Å². The van der Waals surface area contributed by atoms with Crippen molar-refractivity contribution in [1.29, 1.82) is 0 Å². The zero-order chi connectivity index (χ0) is 10.6. The van der Waals surface area contributed by atoms with Crippen molar-refractivity contribution < 1.29 is 23.1 Å². The highest BCUT2D eigenvalue weighted by Gasteiger charge is 2.40. The summed E-state index contributed by atoms with van der Waals surface area (Å²) in [4.78, 5) is 11.8.